The second-order valence-electron chi connectivity index (χ2n) is 7.05. The SMILES string of the molecule is CCn1cc(C(=O)N2CCCc3cc(S(=O)(=O)N4CCCC4)ccc32)cn1. The second kappa shape index (κ2) is 7.09. The zero-order valence-electron chi connectivity index (χ0n) is 15.5. The Balaban J connectivity index is 1.64. The number of carbonyl (C=O) groups is 1. The summed E-state index contributed by atoms with van der Waals surface area (Å²) in [5.74, 6) is -0.0919. The Kier molecular flexibility index (Phi) is 4.77. The van der Waals surface area contributed by atoms with Gasteiger partial charge in [-0.25, -0.2) is 8.42 Å². The van der Waals surface area contributed by atoms with Gasteiger partial charge in [-0.05, 0) is 56.4 Å². The number of fused-ring (bicyclic) bond motifs is 1. The van der Waals surface area contributed by atoms with E-state index in [1.807, 2.05) is 6.92 Å². The predicted molar refractivity (Wildman–Crippen MR) is 102 cm³/mol. The molecule has 0 bridgehead atoms. The number of amides is 1. The monoisotopic (exact) mass is 388 g/mol. The minimum Gasteiger partial charge on any atom is -0.308 e. The van der Waals surface area contributed by atoms with Gasteiger partial charge in [0.05, 0.1) is 16.7 Å². The van der Waals surface area contributed by atoms with Crippen molar-refractivity contribution < 1.29 is 13.2 Å². The lowest BCUT2D eigenvalue weighted by Gasteiger charge is -2.30. The number of carbonyl (C=O) groups excluding carboxylic acids is 1. The summed E-state index contributed by atoms with van der Waals surface area (Å²) in [4.78, 5) is 15.0. The first-order chi connectivity index (χ1) is 13.0. The van der Waals surface area contributed by atoms with Crippen LogP contribution in [0.2, 0.25) is 0 Å². The quantitative estimate of drug-likeness (QED) is 0.805. The van der Waals surface area contributed by atoms with Gasteiger partial charge in [0, 0.05) is 38.1 Å². The maximum Gasteiger partial charge on any atom is 0.261 e. The summed E-state index contributed by atoms with van der Waals surface area (Å²) in [7, 11) is -3.45. The number of hydrogen-bond acceptors (Lipinski definition) is 4. The molecule has 0 atom stereocenters. The number of sulfonamides is 1. The van der Waals surface area contributed by atoms with Crippen molar-refractivity contribution >= 4 is 21.6 Å². The van der Waals surface area contributed by atoms with E-state index in [0.29, 0.717) is 36.6 Å². The predicted octanol–water partition coefficient (Wildman–Crippen LogP) is 2.28. The van der Waals surface area contributed by atoms with Gasteiger partial charge in [-0.1, -0.05) is 0 Å². The molecule has 7 nitrogen and oxygen atoms in total. The van der Waals surface area contributed by atoms with Crippen LogP contribution < -0.4 is 4.90 Å². The molecular formula is C19H24N4O3S. The Morgan fingerprint density at radius 3 is 2.63 bits per heavy atom. The van der Waals surface area contributed by atoms with E-state index in [-0.39, 0.29) is 5.91 Å². The number of nitrogens with zero attached hydrogens (tertiary/aromatic N) is 4. The molecule has 1 fully saturated rings. The highest BCUT2D eigenvalue weighted by Gasteiger charge is 2.30. The molecule has 0 aliphatic carbocycles. The Labute approximate surface area is 159 Å². The van der Waals surface area contributed by atoms with E-state index in [4.69, 9.17) is 0 Å². The molecule has 1 aromatic heterocycles. The first-order valence-electron chi connectivity index (χ1n) is 9.48. The van der Waals surface area contributed by atoms with Crippen molar-refractivity contribution in [3.8, 4) is 0 Å². The Bertz CT molecular complexity index is 961. The third kappa shape index (κ3) is 3.27. The molecule has 2 aliphatic heterocycles. The van der Waals surface area contributed by atoms with Crippen LogP contribution in [0.5, 0.6) is 0 Å². The van der Waals surface area contributed by atoms with Gasteiger partial charge in [0.15, 0.2) is 0 Å². The maximum atomic E-state index is 12.9. The van der Waals surface area contributed by atoms with E-state index < -0.39 is 10.0 Å². The summed E-state index contributed by atoms with van der Waals surface area (Å²) < 4.78 is 28.9. The Morgan fingerprint density at radius 1 is 1.15 bits per heavy atom. The molecule has 0 N–H and O–H groups in total. The lowest BCUT2D eigenvalue weighted by molar-refractivity contribution is 0.0985. The van der Waals surface area contributed by atoms with Gasteiger partial charge in [-0.15, -0.1) is 0 Å². The van der Waals surface area contributed by atoms with Gasteiger partial charge in [0.2, 0.25) is 10.0 Å². The van der Waals surface area contributed by atoms with Gasteiger partial charge in [0.1, 0.15) is 0 Å². The van der Waals surface area contributed by atoms with Crippen LogP contribution in [0.3, 0.4) is 0 Å². The third-order valence-corrected chi connectivity index (χ3v) is 7.22. The van der Waals surface area contributed by atoms with Crippen molar-refractivity contribution in [1.82, 2.24) is 14.1 Å². The highest BCUT2D eigenvalue weighted by molar-refractivity contribution is 7.89. The molecule has 27 heavy (non-hydrogen) atoms. The highest BCUT2D eigenvalue weighted by atomic mass is 32.2. The second-order valence-corrected chi connectivity index (χ2v) is 8.98. The van der Waals surface area contributed by atoms with Crippen molar-refractivity contribution in [3.63, 3.8) is 0 Å². The normalized spacial score (nSPS) is 17.9. The van der Waals surface area contributed by atoms with E-state index in [9.17, 15) is 13.2 Å². The van der Waals surface area contributed by atoms with Gasteiger partial charge >= 0.3 is 0 Å². The van der Waals surface area contributed by atoms with Gasteiger partial charge in [-0.3, -0.25) is 9.48 Å². The Morgan fingerprint density at radius 2 is 1.93 bits per heavy atom. The maximum absolute atomic E-state index is 12.9. The summed E-state index contributed by atoms with van der Waals surface area (Å²) >= 11 is 0. The fraction of sp³-hybridized carbons (Fsp3) is 0.474. The fourth-order valence-electron chi connectivity index (χ4n) is 3.83. The lowest BCUT2D eigenvalue weighted by Crippen LogP contribution is -2.35. The minimum atomic E-state index is -3.45. The molecule has 2 aliphatic rings. The number of hydrogen-bond donors (Lipinski definition) is 0. The van der Waals surface area contributed by atoms with E-state index in [2.05, 4.69) is 5.10 Å². The molecule has 1 amide bonds. The zero-order valence-corrected chi connectivity index (χ0v) is 16.3. The first kappa shape index (κ1) is 18.2. The molecule has 0 saturated carbocycles. The van der Waals surface area contributed by atoms with Crippen molar-refractivity contribution in [2.45, 2.75) is 44.0 Å². The molecule has 144 valence electrons. The molecule has 2 aromatic rings. The number of rotatable bonds is 4. The smallest absolute Gasteiger partial charge is 0.261 e. The van der Waals surface area contributed by atoms with Crippen molar-refractivity contribution in [1.29, 1.82) is 0 Å². The van der Waals surface area contributed by atoms with Gasteiger partial charge in [0.25, 0.3) is 5.91 Å². The molecule has 0 radical (unpaired) electrons. The average Bonchev–Trinajstić information content (AvgIpc) is 3.38. The van der Waals surface area contributed by atoms with Crippen LogP contribution in [0.25, 0.3) is 0 Å². The lowest BCUT2D eigenvalue weighted by atomic mass is 10.0. The topological polar surface area (TPSA) is 75.5 Å². The van der Waals surface area contributed by atoms with Crippen LogP contribution in [-0.4, -0.2) is 48.0 Å². The molecule has 3 heterocycles. The number of aryl methyl sites for hydroxylation is 2. The first-order valence-corrected chi connectivity index (χ1v) is 10.9. The summed E-state index contributed by atoms with van der Waals surface area (Å²) in [6, 6.07) is 5.16. The van der Waals surface area contributed by atoms with E-state index >= 15 is 0 Å². The fourth-order valence-corrected chi connectivity index (χ4v) is 5.39. The van der Waals surface area contributed by atoms with E-state index in [1.165, 1.54) is 0 Å². The number of anilines is 1. The molecule has 0 unspecified atom stereocenters. The van der Waals surface area contributed by atoms with Crippen LogP contribution in [0.1, 0.15) is 42.1 Å². The van der Waals surface area contributed by atoms with Crippen LogP contribution >= 0.6 is 0 Å². The van der Waals surface area contributed by atoms with Gasteiger partial charge in [-0.2, -0.15) is 9.40 Å². The number of benzene rings is 1. The van der Waals surface area contributed by atoms with Crippen LogP contribution in [0.15, 0.2) is 35.5 Å². The molecule has 1 saturated heterocycles. The standard InChI is InChI=1S/C19H24N4O3S/c1-2-21-14-16(13-20-21)19(24)23-11-5-6-15-12-17(7-8-18(15)23)27(25,26)22-9-3-4-10-22/h7-8,12-14H,2-6,9-11H2,1H3. The molecule has 0 spiro atoms. The minimum absolute atomic E-state index is 0.0919. The summed E-state index contributed by atoms with van der Waals surface area (Å²) in [6.45, 7) is 4.49. The number of aromatic nitrogens is 2. The van der Waals surface area contributed by atoms with Crippen LogP contribution in [-0.2, 0) is 23.0 Å². The van der Waals surface area contributed by atoms with Crippen LogP contribution in [0, 0.1) is 0 Å². The van der Waals surface area contributed by atoms with Crippen molar-refractivity contribution in [2.75, 3.05) is 24.5 Å². The summed E-state index contributed by atoms with van der Waals surface area (Å²) in [6.07, 6.45) is 6.76. The average molecular weight is 388 g/mol. The third-order valence-electron chi connectivity index (χ3n) is 5.32. The van der Waals surface area contributed by atoms with Gasteiger partial charge < -0.3 is 4.90 Å². The molecule has 4 rings (SSSR count). The molecular weight excluding hydrogens is 364 g/mol. The zero-order chi connectivity index (χ0) is 19.0. The highest BCUT2D eigenvalue weighted by Crippen LogP contribution is 2.32. The van der Waals surface area contributed by atoms with E-state index in [1.54, 1.807) is 44.5 Å². The molecule has 1 aromatic carbocycles. The van der Waals surface area contributed by atoms with Crippen LogP contribution in [0.4, 0.5) is 5.69 Å². The largest absolute Gasteiger partial charge is 0.308 e. The van der Waals surface area contributed by atoms with Crippen molar-refractivity contribution in [3.05, 3.63) is 41.7 Å². The molecule has 8 heteroatoms. The Hall–Kier alpha value is -2.19. The summed E-state index contributed by atoms with van der Waals surface area (Å²) in [5, 5.41) is 4.18. The summed E-state index contributed by atoms with van der Waals surface area (Å²) in [5.41, 5.74) is 2.27. The van der Waals surface area contributed by atoms with Crippen molar-refractivity contribution in [2.24, 2.45) is 0 Å². The van der Waals surface area contributed by atoms with E-state index in [0.717, 1.165) is 36.9 Å².